The summed E-state index contributed by atoms with van der Waals surface area (Å²) in [6, 6.07) is 0. The molecule has 0 fully saturated rings. The highest BCUT2D eigenvalue weighted by Crippen LogP contribution is 2.17. The quantitative estimate of drug-likeness (QED) is 0.0347. The smallest absolute Gasteiger partial charge is 0.306 e. The van der Waals surface area contributed by atoms with Gasteiger partial charge in [-0.1, -0.05) is 234 Å². The fourth-order valence-corrected chi connectivity index (χ4v) is 7.43. The maximum Gasteiger partial charge on any atom is 0.306 e. The van der Waals surface area contributed by atoms with Gasteiger partial charge in [0.1, 0.15) is 13.2 Å². The number of hydrogen-bond donors (Lipinski definition) is 0. The molecule has 2 atom stereocenters. The van der Waals surface area contributed by atoms with Gasteiger partial charge >= 0.3 is 17.9 Å². The molecular formula is C50H96O6. The van der Waals surface area contributed by atoms with Gasteiger partial charge in [-0.05, 0) is 31.1 Å². The Morgan fingerprint density at radius 3 is 1.02 bits per heavy atom. The molecule has 0 aliphatic heterocycles. The molecule has 56 heavy (non-hydrogen) atoms. The third-order valence-electron chi connectivity index (χ3n) is 11.6. The Morgan fingerprint density at radius 2 is 0.679 bits per heavy atom. The molecule has 0 radical (unpaired) electrons. The molecule has 0 N–H and O–H groups in total. The summed E-state index contributed by atoms with van der Waals surface area (Å²) < 4.78 is 16.8. The Labute approximate surface area is 348 Å². The molecule has 0 aliphatic carbocycles. The number of unbranched alkanes of at least 4 members (excludes halogenated alkanes) is 28. The lowest BCUT2D eigenvalue weighted by molar-refractivity contribution is -0.167. The summed E-state index contributed by atoms with van der Waals surface area (Å²) in [6.07, 6.45) is 42.3. The number of ether oxygens (including phenoxy) is 3. The van der Waals surface area contributed by atoms with Crippen LogP contribution in [0, 0.1) is 11.8 Å². The fourth-order valence-electron chi connectivity index (χ4n) is 7.43. The monoisotopic (exact) mass is 793 g/mol. The summed E-state index contributed by atoms with van der Waals surface area (Å²) in [7, 11) is 0. The molecule has 0 rings (SSSR count). The van der Waals surface area contributed by atoms with E-state index in [9.17, 15) is 14.4 Å². The average molecular weight is 793 g/mol. The zero-order chi connectivity index (χ0) is 41.2. The predicted octanol–water partition coefficient (Wildman–Crippen LogP) is 15.8. The molecule has 0 saturated heterocycles. The van der Waals surface area contributed by atoms with Gasteiger partial charge in [-0.25, -0.2) is 0 Å². The van der Waals surface area contributed by atoms with E-state index in [1.807, 2.05) is 0 Å². The zero-order valence-corrected chi connectivity index (χ0v) is 38.3. The summed E-state index contributed by atoms with van der Waals surface area (Å²) in [5, 5.41) is 0. The normalized spacial score (nSPS) is 12.5. The van der Waals surface area contributed by atoms with Gasteiger partial charge in [-0.2, -0.15) is 0 Å². The second-order valence-corrected chi connectivity index (χ2v) is 17.8. The highest BCUT2D eigenvalue weighted by Gasteiger charge is 2.19. The zero-order valence-electron chi connectivity index (χ0n) is 38.3. The van der Waals surface area contributed by atoms with E-state index in [0.717, 1.165) is 69.6 Å². The molecule has 0 aliphatic rings. The van der Waals surface area contributed by atoms with Crippen molar-refractivity contribution in [2.75, 3.05) is 13.2 Å². The minimum Gasteiger partial charge on any atom is -0.462 e. The average Bonchev–Trinajstić information content (AvgIpc) is 3.18. The van der Waals surface area contributed by atoms with Crippen LogP contribution in [-0.4, -0.2) is 37.2 Å². The van der Waals surface area contributed by atoms with Crippen LogP contribution in [-0.2, 0) is 28.6 Å². The lowest BCUT2D eigenvalue weighted by Gasteiger charge is -2.18. The van der Waals surface area contributed by atoms with E-state index in [-0.39, 0.29) is 31.1 Å². The maximum atomic E-state index is 12.7. The van der Waals surface area contributed by atoms with Crippen LogP contribution in [0.1, 0.15) is 272 Å². The largest absolute Gasteiger partial charge is 0.462 e. The molecule has 0 bridgehead atoms. The van der Waals surface area contributed by atoms with Crippen molar-refractivity contribution in [3.8, 4) is 0 Å². The summed E-state index contributed by atoms with van der Waals surface area (Å²) in [4.78, 5) is 37.8. The van der Waals surface area contributed by atoms with Crippen molar-refractivity contribution in [2.24, 2.45) is 11.8 Å². The van der Waals surface area contributed by atoms with E-state index >= 15 is 0 Å². The van der Waals surface area contributed by atoms with Gasteiger partial charge in [0, 0.05) is 19.3 Å². The summed E-state index contributed by atoms with van der Waals surface area (Å²) in [5.74, 6) is 0.804. The van der Waals surface area contributed by atoms with Gasteiger partial charge in [0.05, 0.1) is 0 Å². The number of carbonyl (C=O) groups is 3. The first-order valence-electron chi connectivity index (χ1n) is 24.8. The third-order valence-corrected chi connectivity index (χ3v) is 11.6. The third kappa shape index (κ3) is 42.0. The van der Waals surface area contributed by atoms with Crippen LogP contribution in [0.5, 0.6) is 0 Å². The van der Waals surface area contributed by atoms with Crippen LogP contribution in [0.15, 0.2) is 0 Å². The van der Waals surface area contributed by atoms with Crippen molar-refractivity contribution in [3.63, 3.8) is 0 Å². The molecule has 6 nitrogen and oxygen atoms in total. The molecule has 0 heterocycles. The maximum absolute atomic E-state index is 12.7. The first-order chi connectivity index (χ1) is 27.3. The molecule has 0 spiro atoms. The van der Waals surface area contributed by atoms with Crippen molar-refractivity contribution in [3.05, 3.63) is 0 Å². The van der Waals surface area contributed by atoms with E-state index in [4.69, 9.17) is 14.2 Å². The highest BCUT2D eigenvalue weighted by molar-refractivity contribution is 5.71. The van der Waals surface area contributed by atoms with E-state index in [0.29, 0.717) is 19.3 Å². The van der Waals surface area contributed by atoms with E-state index in [2.05, 4.69) is 34.6 Å². The van der Waals surface area contributed by atoms with Crippen molar-refractivity contribution < 1.29 is 28.6 Å². The van der Waals surface area contributed by atoms with Gasteiger partial charge in [-0.15, -0.1) is 0 Å². The molecule has 0 saturated carbocycles. The van der Waals surface area contributed by atoms with Gasteiger partial charge in [-0.3, -0.25) is 14.4 Å². The van der Waals surface area contributed by atoms with Gasteiger partial charge in [0.25, 0.3) is 0 Å². The Hall–Kier alpha value is -1.59. The summed E-state index contributed by atoms with van der Waals surface area (Å²) in [5.41, 5.74) is 0. The lowest BCUT2D eigenvalue weighted by Crippen LogP contribution is -2.30. The van der Waals surface area contributed by atoms with Crippen LogP contribution < -0.4 is 0 Å². The topological polar surface area (TPSA) is 78.9 Å². The summed E-state index contributed by atoms with van der Waals surface area (Å²) >= 11 is 0. The van der Waals surface area contributed by atoms with Crippen LogP contribution in [0.3, 0.4) is 0 Å². The van der Waals surface area contributed by atoms with E-state index < -0.39 is 6.10 Å². The van der Waals surface area contributed by atoms with Crippen molar-refractivity contribution in [1.82, 2.24) is 0 Å². The lowest BCUT2D eigenvalue weighted by atomic mass is 10.00. The molecule has 6 heteroatoms. The molecule has 0 aromatic carbocycles. The fraction of sp³-hybridized carbons (Fsp3) is 0.940. The molecule has 0 aromatic heterocycles. The molecule has 0 aromatic rings. The van der Waals surface area contributed by atoms with E-state index in [1.165, 1.54) is 161 Å². The van der Waals surface area contributed by atoms with Crippen LogP contribution >= 0.6 is 0 Å². The Kier molecular flexibility index (Phi) is 41.8. The number of esters is 3. The molecule has 332 valence electrons. The van der Waals surface area contributed by atoms with Gasteiger partial charge in [0.15, 0.2) is 6.10 Å². The minimum absolute atomic E-state index is 0.0646. The molecule has 0 amide bonds. The summed E-state index contributed by atoms with van der Waals surface area (Å²) in [6.45, 7) is 11.3. The second kappa shape index (κ2) is 43.0. The number of hydrogen-bond acceptors (Lipinski definition) is 6. The second-order valence-electron chi connectivity index (χ2n) is 17.8. The molecule has 1 unspecified atom stereocenters. The highest BCUT2D eigenvalue weighted by atomic mass is 16.6. The standard InChI is InChI=1S/C50H96O6/c1-6-8-9-10-11-12-17-22-25-32-37-42-50(53)56-47(44-55-49(52)41-36-31-27-26-29-34-39-46(5)7-2)43-54-48(51)40-35-30-24-21-19-16-14-13-15-18-20-23-28-33-38-45(3)4/h45-47H,6-44H2,1-5H3/t46?,47-/m1/s1. The number of rotatable bonds is 44. The van der Waals surface area contributed by atoms with Crippen LogP contribution in [0.4, 0.5) is 0 Å². The van der Waals surface area contributed by atoms with Gasteiger partial charge in [0.2, 0.25) is 0 Å². The first-order valence-corrected chi connectivity index (χ1v) is 24.8. The van der Waals surface area contributed by atoms with E-state index in [1.54, 1.807) is 0 Å². The van der Waals surface area contributed by atoms with Crippen LogP contribution in [0.2, 0.25) is 0 Å². The Bertz CT molecular complexity index is 856. The van der Waals surface area contributed by atoms with Gasteiger partial charge < -0.3 is 14.2 Å². The number of carbonyl (C=O) groups excluding carboxylic acids is 3. The molecular weight excluding hydrogens is 697 g/mol. The van der Waals surface area contributed by atoms with Crippen molar-refractivity contribution >= 4 is 17.9 Å². The minimum atomic E-state index is -0.761. The Balaban J connectivity index is 4.27. The van der Waals surface area contributed by atoms with Crippen LogP contribution in [0.25, 0.3) is 0 Å². The SMILES string of the molecule is CCCCCCCCCCCCCC(=O)O[C@H](COC(=O)CCCCCCCCCCCCCCCCC(C)C)COC(=O)CCCCCCCCC(C)CC. The van der Waals surface area contributed by atoms with Crippen molar-refractivity contribution in [2.45, 2.75) is 278 Å². The predicted molar refractivity (Wildman–Crippen MR) is 238 cm³/mol. The van der Waals surface area contributed by atoms with Crippen molar-refractivity contribution in [1.29, 1.82) is 0 Å². The Morgan fingerprint density at radius 1 is 0.375 bits per heavy atom. The first kappa shape index (κ1) is 54.4.